The van der Waals surface area contributed by atoms with E-state index in [0.29, 0.717) is 39.0 Å². The maximum absolute atomic E-state index is 13.1. The Labute approximate surface area is 205 Å². The van der Waals surface area contributed by atoms with Gasteiger partial charge in [-0.15, -0.1) is 6.58 Å². The molecular weight excluding hydrogens is 468 g/mol. The summed E-state index contributed by atoms with van der Waals surface area (Å²) in [5.41, 5.74) is 4.31. The molecule has 7 heteroatoms. The summed E-state index contributed by atoms with van der Waals surface area (Å²) in [4.78, 5) is 18.4. The molecule has 0 fully saturated rings. The van der Waals surface area contributed by atoms with Crippen LogP contribution in [-0.4, -0.2) is 16.5 Å². The number of hydrogen-bond acceptors (Lipinski definition) is 5. The fraction of sp³-hybridized carbons (Fsp3) is 0.111. The molecule has 0 N–H and O–H groups in total. The van der Waals surface area contributed by atoms with Gasteiger partial charge in [-0.2, -0.15) is 0 Å². The van der Waals surface area contributed by atoms with Crippen molar-refractivity contribution in [2.24, 2.45) is 0 Å². The third kappa shape index (κ3) is 4.18. The molecule has 34 heavy (non-hydrogen) atoms. The van der Waals surface area contributed by atoms with Gasteiger partial charge in [-0.1, -0.05) is 53.3 Å². The van der Waals surface area contributed by atoms with Crippen molar-refractivity contribution in [3.8, 4) is 11.5 Å². The van der Waals surface area contributed by atoms with Crippen LogP contribution in [0.4, 0.5) is 0 Å². The fourth-order valence-electron chi connectivity index (χ4n) is 3.89. The molecule has 3 aromatic carbocycles. The molecule has 0 aliphatic heterocycles. The van der Waals surface area contributed by atoms with Gasteiger partial charge >= 0.3 is 0 Å². The Kier molecular flexibility index (Phi) is 6.09. The smallest absolute Gasteiger partial charge is 0.274 e. The molecule has 2 aromatic heterocycles. The van der Waals surface area contributed by atoms with Crippen molar-refractivity contribution < 1.29 is 9.47 Å². The van der Waals surface area contributed by atoms with E-state index in [2.05, 4.69) is 11.6 Å². The van der Waals surface area contributed by atoms with Crippen molar-refractivity contribution in [3.05, 3.63) is 110 Å². The number of methoxy groups -OCH3 is 1. The van der Waals surface area contributed by atoms with Crippen LogP contribution in [0.2, 0.25) is 5.02 Å². The summed E-state index contributed by atoms with van der Waals surface area (Å²) in [5, 5.41) is 0.681. The molecule has 5 aromatic rings. The summed E-state index contributed by atoms with van der Waals surface area (Å²) in [6.07, 6.45) is 4.28. The first-order valence-electron chi connectivity index (χ1n) is 10.7. The number of allylic oxidation sites excluding steroid dienone is 1. The minimum atomic E-state index is -0.0824. The second kappa shape index (κ2) is 9.33. The van der Waals surface area contributed by atoms with E-state index in [-0.39, 0.29) is 5.56 Å². The zero-order valence-corrected chi connectivity index (χ0v) is 20.0. The number of thiazole rings is 1. The maximum Gasteiger partial charge on any atom is 0.274 e. The molecule has 5 rings (SSSR count). The van der Waals surface area contributed by atoms with Crippen LogP contribution in [-0.2, 0) is 13.0 Å². The lowest BCUT2D eigenvalue weighted by Crippen LogP contribution is -2.22. The van der Waals surface area contributed by atoms with Crippen LogP contribution in [0.25, 0.3) is 22.1 Å². The highest BCUT2D eigenvalue weighted by atomic mass is 35.5. The Balaban J connectivity index is 1.55. The van der Waals surface area contributed by atoms with Gasteiger partial charge in [-0.3, -0.25) is 4.79 Å². The van der Waals surface area contributed by atoms with Crippen LogP contribution in [0, 0.1) is 0 Å². The van der Waals surface area contributed by atoms with E-state index in [9.17, 15) is 4.79 Å². The topological polar surface area (TPSA) is 52.8 Å². The molecule has 0 atom stereocenters. The lowest BCUT2D eigenvalue weighted by atomic mass is 10.1. The van der Waals surface area contributed by atoms with Crippen molar-refractivity contribution in [2.75, 3.05) is 7.11 Å². The van der Waals surface area contributed by atoms with Crippen LogP contribution in [0.5, 0.6) is 11.5 Å². The van der Waals surface area contributed by atoms with Crippen molar-refractivity contribution in [1.82, 2.24) is 9.38 Å². The van der Waals surface area contributed by atoms with E-state index in [1.54, 1.807) is 11.5 Å². The van der Waals surface area contributed by atoms with Gasteiger partial charge in [-0.05, 0) is 60.0 Å². The highest BCUT2D eigenvalue weighted by Gasteiger charge is 2.14. The second-order valence-electron chi connectivity index (χ2n) is 7.75. The van der Waals surface area contributed by atoms with Crippen molar-refractivity contribution in [3.63, 3.8) is 0 Å². The molecule has 0 unspecified atom stereocenters. The highest BCUT2D eigenvalue weighted by molar-refractivity contribution is 7.15. The number of nitrogens with zero attached hydrogens (tertiary/aromatic N) is 2. The lowest BCUT2D eigenvalue weighted by molar-refractivity contribution is 0.282. The predicted molar refractivity (Wildman–Crippen MR) is 138 cm³/mol. The molecule has 0 spiro atoms. The molecule has 2 heterocycles. The number of para-hydroxylation sites is 2. The van der Waals surface area contributed by atoms with E-state index in [0.717, 1.165) is 27.7 Å². The fourth-order valence-corrected chi connectivity index (χ4v) is 5.00. The number of imidazole rings is 1. The zero-order chi connectivity index (χ0) is 23.7. The van der Waals surface area contributed by atoms with E-state index in [1.165, 1.54) is 11.3 Å². The van der Waals surface area contributed by atoms with Crippen molar-refractivity contribution >= 4 is 45.0 Å². The van der Waals surface area contributed by atoms with E-state index in [1.807, 2.05) is 72.8 Å². The molecule has 0 amide bonds. The van der Waals surface area contributed by atoms with E-state index in [4.69, 9.17) is 21.1 Å². The van der Waals surface area contributed by atoms with E-state index < -0.39 is 0 Å². The van der Waals surface area contributed by atoms with Crippen molar-refractivity contribution in [1.29, 1.82) is 0 Å². The summed E-state index contributed by atoms with van der Waals surface area (Å²) in [7, 11) is 1.61. The van der Waals surface area contributed by atoms with Crippen LogP contribution < -0.4 is 19.6 Å². The zero-order valence-electron chi connectivity index (χ0n) is 18.5. The maximum atomic E-state index is 13.1. The molecular formula is C27H21ClN2O3S. The number of hydrogen-bond donors (Lipinski definition) is 0. The third-order valence-corrected chi connectivity index (χ3v) is 6.70. The molecule has 0 radical (unpaired) electrons. The SMILES string of the molecule is C=CCc1cc(C=c2sc3nc4ccccc4n3c2=O)cc(OC)c1OCc1ccc(Cl)cc1. The quantitative estimate of drug-likeness (QED) is 0.287. The Morgan fingerprint density at radius 3 is 2.71 bits per heavy atom. The average molecular weight is 489 g/mol. The molecule has 5 nitrogen and oxygen atoms in total. The number of fused-ring (bicyclic) bond motifs is 3. The first-order valence-corrected chi connectivity index (χ1v) is 11.9. The molecule has 0 bridgehead atoms. The van der Waals surface area contributed by atoms with Gasteiger partial charge in [0.1, 0.15) is 6.61 Å². The summed E-state index contributed by atoms with van der Waals surface area (Å²) < 4.78 is 14.1. The van der Waals surface area contributed by atoms with Crippen molar-refractivity contribution in [2.45, 2.75) is 13.0 Å². The highest BCUT2D eigenvalue weighted by Crippen LogP contribution is 2.34. The lowest BCUT2D eigenvalue weighted by Gasteiger charge is -2.16. The summed E-state index contributed by atoms with van der Waals surface area (Å²) in [6, 6.07) is 19.0. The standard InChI is InChI=1S/C27H21ClN2O3S/c1-3-6-19-13-18(14-23(32-2)25(19)33-16-17-9-11-20(28)12-10-17)15-24-26(31)30-22-8-5-4-7-21(22)29-27(30)34-24/h3-5,7-15H,1,6,16H2,2H3. The number of rotatable bonds is 7. The normalized spacial score (nSPS) is 11.9. The number of ether oxygens (including phenoxy) is 2. The van der Waals surface area contributed by atoms with Gasteiger partial charge in [-0.25, -0.2) is 9.38 Å². The number of halogens is 1. The largest absolute Gasteiger partial charge is 0.493 e. The number of aromatic nitrogens is 2. The summed E-state index contributed by atoms with van der Waals surface area (Å²) in [5.74, 6) is 1.25. The Morgan fingerprint density at radius 1 is 1.15 bits per heavy atom. The van der Waals surface area contributed by atoms with E-state index >= 15 is 0 Å². The monoisotopic (exact) mass is 488 g/mol. The molecule has 0 saturated carbocycles. The minimum absolute atomic E-state index is 0.0824. The van der Waals surface area contributed by atoms with Gasteiger partial charge in [0.2, 0.25) is 0 Å². The third-order valence-electron chi connectivity index (χ3n) is 5.48. The second-order valence-corrected chi connectivity index (χ2v) is 9.20. The Bertz CT molecular complexity index is 1620. The van der Waals surface area contributed by atoms with Crippen LogP contribution in [0.1, 0.15) is 16.7 Å². The first-order chi connectivity index (χ1) is 16.6. The van der Waals surface area contributed by atoms with Gasteiger partial charge in [0.15, 0.2) is 16.5 Å². The molecule has 0 aliphatic rings. The first kappa shape index (κ1) is 22.2. The van der Waals surface area contributed by atoms with Gasteiger partial charge < -0.3 is 9.47 Å². The van der Waals surface area contributed by atoms with Crippen LogP contribution >= 0.6 is 22.9 Å². The summed E-state index contributed by atoms with van der Waals surface area (Å²) in [6.45, 7) is 4.25. The Hall–Kier alpha value is -3.61. The van der Waals surface area contributed by atoms with Gasteiger partial charge in [0.05, 0.1) is 22.7 Å². The van der Waals surface area contributed by atoms with Crippen LogP contribution in [0.15, 0.2) is 78.1 Å². The predicted octanol–water partition coefficient (Wildman–Crippen LogP) is 5.43. The van der Waals surface area contributed by atoms with Gasteiger partial charge in [0, 0.05) is 10.6 Å². The summed E-state index contributed by atoms with van der Waals surface area (Å²) >= 11 is 7.35. The minimum Gasteiger partial charge on any atom is -0.493 e. The Morgan fingerprint density at radius 2 is 1.94 bits per heavy atom. The average Bonchev–Trinajstić information content (AvgIpc) is 3.35. The number of benzene rings is 3. The van der Waals surface area contributed by atoms with Crippen LogP contribution in [0.3, 0.4) is 0 Å². The van der Waals surface area contributed by atoms with Gasteiger partial charge in [0.25, 0.3) is 5.56 Å². The molecule has 0 saturated heterocycles. The molecule has 0 aliphatic carbocycles. The molecule has 170 valence electrons.